The van der Waals surface area contributed by atoms with E-state index in [4.69, 9.17) is 17.3 Å². The summed E-state index contributed by atoms with van der Waals surface area (Å²) in [6.45, 7) is 6.05. The molecule has 1 aromatic heterocycles. The molecule has 10 heteroatoms. The second-order valence-electron chi connectivity index (χ2n) is 10.4. The number of nitriles is 1. The number of nitrogens with zero attached hydrogens (tertiary/aromatic N) is 4. The number of carbonyl (C=O) groups excluding carboxylic acids is 2. The molecule has 2 aromatic carbocycles. The molecule has 0 saturated carbocycles. The molecule has 7 nitrogen and oxygen atoms in total. The first-order valence-corrected chi connectivity index (χ1v) is 14.5. The zero-order chi connectivity index (χ0) is 27.9. The summed E-state index contributed by atoms with van der Waals surface area (Å²) < 4.78 is 0.591. The largest absolute Gasteiger partial charge is 0.384 e. The summed E-state index contributed by atoms with van der Waals surface area (Å²) in [5.74, 6) is -0.296. The standard InChI is InChI=1S/C29H26ClN5O2S2/c1-16-8-10-17(11-9-16)23(37)15-38-28-34-33-27(39-28)35-21-12-29(2,3)13-22(36)25(21)24(19(14-31)26(35)32)18-6-4-5-7-20(18)30/h4-11,24H,12-13,15,32H2,1-3H3. The van der Waals surface area contributed by atoms with Crippen LogP contribution in [0.5, 0.6) is 0 Å². The van der Waals surface area contributed by atoms with Crippen LogP contribution in [0.4, 0.5) is 5.13 Å². The SMILES string of the molecule is Cc1ccc(C(=O)CSc2nnc(N3C(N)=C(C#N)C(c4ccccc4Cl)C4=C3CC(C)(C)CC4=O)s2)cc1. The lowest BCUT2D eigenvalue weighted by Gasteiger charge is -2.42. The number of rotatable bonds is 6. The van der Waals surface area contributed by atoms with E-state index in [2.05, 4.69) is 16.3 Å². The fourth-order valence-corrected chi connectivity index (χ4v) is 7.07. The van der Waals surface area contributed by atoms with E-state index in [0.29, 0.717) is 49.7 Å². The summed E-state index contributed by atoms with van der Waals surface area (Å²) in [5.41, 5.74) is 10.2. The van der Waals surface area contributed by atoms with Gasteiger partial charge in [0.1, 0.15) is 5.82 Å². The van der Waals surface area contributed by atoms with Crippen molar-refractivity contribution in [3.8, 4) is 6.07 Å². The Kier molecular flexibility index (Phi) is 7.38. The Morgan fingerprint density at radius 3 is 2.62 bits per heavy atom. The van der Waals surface area contributed by atoms with Gasteiger partial charge in [0.2, 0.25) is 5.13 Å². The highest BCUT2D eigenvalue weighted by molar-refractivity contribution is 8.01. The van der Waals surface area contributed by atoms with Gasteiger partial charge in [-0.3, -0.25) is 14.5 Å². The van der Waals surface area contributed by atoms with Crippen molar-refractivity contribution in [3.63, 3.8) is 0 Å². The maximum Gasteiger partial charge on any atom is 0.219 e. The van der Waals surface area contributed by atoms with Gasteiger partial charge in [-0.25, -0.2) is 0 Å². The van der Waals surface area contributed by atoms with E-state index in [1.807, 2.05) is 63.2 Å². The number of allylic oxidation sites excluding steroid dienone is 3. The van der Waals surface area contributed by atoms with Gasteiger partial charge < -0.3 is 5.73 Å². The number of aryl methyl sites for hydroxylation is 1. The molecule has 0 spiro atoms. The van der Waals surface area contributed by atoms with Crippen molar-refractivity contribution in [2.75, 3.05) is 10.7 Å². The number of benzene rings is 2. The van der Waals surface area contributed by atoms with Crippen LogP contribution in [0.3, 0.4) is 0 Å². The Hall–Kier alpha value is -3.45. The number of hydrogen-bond acceptors (Lipinski definition) is 9. The van der Waals surface area contributed by atoms with Crippen LogP contribution in [0, 0.1) is 23.7 Å². The Morgan fingerprint density at radius 2 is 1.92 bits per heavy atom. The van der Waals surface area contributed by atoms with Crippen LogP contribution in [0.15, 0.2) is 75.5 Å². The number of anilines is 1. The molecule has 2 heterocycles. The summed E-state index contributed by atoms with van der Waals surface area (Å²) in [4.78, 5) is 28.0. The third-order valence-corrected chi connectivity index (χ3v) is 9.27. The molecule has 2 N–H and O–H groups in total. The van der Waals surface area contributed by atoms with E-state index in [0.717, 1.165) is 5.56 Å². The summed E-state index contributed by atoms with van der Waals surface area (Å²) in [6.07, 6.45) is 0.903. The first kappa shape index (κ1) is 27.1. The minimum Gasteiger partial charge on any atom is -0.384 e. The van der Waals surface area contributed by atoms with Crippen LogP contribution in [0.2, 0.25) is 5.02 Å². The summed E-state index contributed by atoms with van der Waals surface area (Å²) >= 11 is 9.13. The topological polar surface area (TPSA) is 113 Å². The number of ketones is 2. The zero-order valence-electron chi connectivity index (χ0n) is 21.7. The van der Waals surface area contributed by atoms with Gasteiger partial charge in [-0.1, -0.05) is 96.6 Å². The molecule has 3 aromatic rings. The Labute approximate surface area is 240 Å². The van der Waals surface area contributed by atoms with Gasteiger partial charge in [0.25, 0.3) is 0 Å². The first-order valence-electron chi connectivity index (χ1n) is 12.4. The molecular weight excluding hydrogens is 550 g/mol. The minimum absolute atomic E-state index is 0.00639. The van der Waals surface area contributed by atoms with Gasteiger partial charge >= 0.3 is 0 Å². The Balaban J connectivity index is 1.52. The normalized spacial score (nSPS) is 18.7. The van der Waals surface area contributed by atoms with E-state index >= 15 is 0 Å². The molecule has 0 radical (unpaired) electrons. The fourth-order valence-electron chi connectivity index (χ4n) is 5.05. The second kappa shape index (κ2) is 10.6. The average Bonchev–Trinajstić information content (AvgIpc) is 3.35. The lowest BCUT2D eigenvalue weighted by Crippen LogP contribution is -2.42. The van der Waals surface area contributed by atoms with Crippen molar-refractivity contribution in [3.05, 3.63) is 92.9 Å². The Bertz CT molecular complexity index is 1580. The first-order chi connectivity index (χ1) is 18.6. The van der Waals surface area contributed by atoms with Crippen LogP contribution >= 0.6 is 34.7 Å². The highest BCUT2D eigenvalue weighted by Crippen LogP contribution is 2.51. The lowest BCUT2D eigenvalue weighted by atomic mass is 9.68. The maximum atomic E-state index is 13.6. The molecule has 1 atom stereocenters. The van der Waals surface area contributed by atoms with Crippen molar-refractivity contribution in [1.82, 2.24) is 10.2 Å². The van der Waals surface area contributed by atoms with Crippen molar-refractivity contribution >= 4 is 51.4 Å². The van der Waals surface area contributed by atoms with Crippen molar-refractivity contribution in [1.29, 1.82) is 5.26 Å². The molecule has 0 bridgehead atoms. The van der Waals surface area contributed by atoms with Crippen LogP contribution in [0.1, 0.15) is 54.1 Å². The zero-order valence-corrected chi connectivity index (χ0v) is 24.1. The molecule has 0 saturated heterocycles. The molecule has 39 heavy (non-hydrogen) atoms. The molecule has 0 amide bonds. The number of carbonyl (C=O) groups is 2. The van der Waals surface area contributed by atoms with Crippen molar-refractivity contribution in [2.24, 2.45) is 11.1 Å². The molecule has 5 rings (SSSR count). The monoisotopic (exact) mass is 575 g/mol. The molecular formula is C29H26ClN5O2S2. The Morgan fingerprint density at radius 1 is 1.21 bits per heavy atom. The van der Waals surface area contributed by atoms with E-state index in [1.54, 1.807) is 11.0 Å². The van der Waals surface area contributed by atoms with Gasteiger partial charge in [-0.2, -0.15) is 5.26 Å². The van der Waals surface area contributed by atoms with Crippen molar-refractivity contribution in [2.45, 2.75) is 43.9 Å². The van der Waals surface area contributed by atoms with Gasteiger partial charge in [-0.15, -0.1) is 10.2 Å². The smallest absolute Gasteiger partial charge is 0.219 e. The van der Waals surface area contributed by atoms with Gasteiger partial charge in [0, 0.05) is 28.3 Å². The minimum atomic E-state index is -0.660. The summed E-state index contributed by atoms with van der Waals surface area (Å²) in [5, 5.41) is 19.8. The third-order valence-electron chi connectivity index (χ3n) is 6.88. The quantitative estimate of drug-likeness (QED) is 0.265. The van der Waals surface area contributed by atoms with Crippen LogP contribution < -0.4 is 10.6 Å². The second-order valence-corrected chi connectivity index (χ2v) is 13.0. The number of thioether (sulfide) groups is 1. The molecule has 198 valence electrons. The molecule has 0 fully saturated rings. The highest BCUT2D eigenvalue weighted by Gasteiger charge is 2.45. The number of Topliss-reactive ketones (excluding diaryl/α,β-unsaturated/α-hetero) is 2. The maximum absolute atomic E-state index is 13.6. The molecule has 2 aliphatic rings. The average molecular weight is 576 g/mol. The third kappa shape index (κ3) is 5.24. The van der Waals surface area contributed by atoms with Gasteiger partial charge in [-0.05, 0) is 30.4 Å². The lowest BCUT2D eigenvalue weighted by molar-refractivity contribution is -0.118. The predicted molar refractivity (Wildman–Crippen MR) is 155 cm³/mol. The number of aromatic nitrogens is 2. The van der Waals surface area contributed by atoms with Gasteiger partial charge in [0.05, 0.1) is 23.3 Å². The van der Waals surface area contributed by atoms with E-state index < -0.39 is 5.92 Å². The van der Waals surface area contributed by atoms with Crippen LogP contribution in [-0.4, -0.2) is 27.5 Å². The predicted octanol–water partition coefficient (Wildman–Crippen LogP) is 6.42. The van der Waals surface area contributed by atoms with Crippen LogP contribution in [-0.2, 0) is 4.79 Å². The fraction of sp³-hybridized carbons (Fsp3) is 0.276. The summed E-state index contributed by atoms with van der Waals surface area (Å²) in [6, 6.07) is 16.9. The number of halogens is 1. The number of nitrogens with two attached hydrogens (primary N) is 1. The summed E-state index contributed by atoms with van der Waals surface area (Å²) in [7, 11) is 0. The molecule has 1 aliphatic heterocycles. The number of hydrogen-bond donors (Lipinski definition) is 1. The van der Waals surface area contributed by atoms with E-state index in [9.17, 15) is 14.9 Å². The van der Waals surface area contributed by atoms with E-state index in [-0.39, 0.29) is 34.1 Å². The molecule has 1 aliphatic carbocycles. The van der Waals surface area contributed by atoms with Crippen LogP contribution in [0.25, 0.3) is 0 Å². The van der Waals surface area contributed by atoms with Crippen molar-refractivity contribution < 1.29 is 9.59 Å². The molecule has 1 unspecified atom stereocenters. The highest BCUT2D eigenvalue weighted by atomic mass is 35.5. The van der Waals surface area contributed by atoms with Gasteiger partial charge in [0.15, 0.2) is 15.9 Å². The van der Waals surface area contributed by atoms with E-state index in [1.165, 1.54) is 23.1 Å².